The normalized spacial score (nSPS) is 13.6. The van der Waals surface area contributed by atoms with Gasteiger partial charge >= 0.3 is 5.76 Å². The minimum atomic E-state index is -0.673. The van der Waals surface area contributed by atoms with E-state index in [-0.39, 0.29) is 18.4 Å². The zero-order chi connectivity index (χ0) is 20.2. The first kappa shape index (κ1) is 19.1. The van der Waals surface area contributed by atoms with Gasteiger partial charge in [-0.15, -0.1) is 11.3 Å². The van der Waals surface area contributed by atoms with Gasteiger partial charge < -0.3 is 10.2 Å². The van der Waals surface area contributed by atoms with Crippen molar-refractivity contribution in [3.05, 3.63) is 63.5 Å². The Hall–Kier alpha value is -3.20. The van der Waals surface area contributed by atoms with E-state index >= 15 is 0 Å². The molecule has 8 nitrogen and oxygen atoms in total. The molecule has 1 aliphatic rings. The number of amides is 2. The van der Waals surface area contributed by atoms with E-state index in [4.69, 9.17) is 4.52 Å². The van der Waals surface area contributed by atoms with E-state index in [1.807, 2.05) is 28.5 Å². The number of aromatic nitrogens is 2. The SMILES string of the molecule is O=C(Cn1c(-c2cccs2)noc1=O)NCc1ccc(C(=O)N2CCCC2)cc1. The van der Waals surface area contributed by atoms with Gasteiger partial charge in [-0.2, -0.15) is 0 Å². The van der Waals surface area contributed by atoms with E-state index in [1.54, 1.807) is 18.2 Å². The van der Waals surface area contributed by atoms with Crippen LogP contribution >= 0.6 is 11.3 Å². The Balaban J connectivity index is 1.35. The highest BCUT2D eigenvalue weighted by Gasteiger charge is 2.19. The predicted molar refractivity (Wildman–Crippen MR) is 108 cm³/mol. The standard InChI is InChI=1S/C20H20N4O4S/c25-17(13-24-18(22-28-20(24)27)16-4-3-11-29-16)21-12-14-5-7-15(8-6-14)19(26)23-9-1-2-10-23/h3-8,11H,1-2,9-10,12-13H2,(H,21,25). The second-order valence-electron chi connectivity index (χ2n) is 6.81. The molecule has 29 heavy (non-hydrogen) atoms. The number of rotatable bonds is 6. The van der Waals surface area contributed by atoms with Gasteiger partial charge in [0.2, 0.25) is 5.91 Å². The van der Waals surface area contributed by atoms with Crippen molar-refractivity contribution < 1.29 is 14.1 Å². The fourth-order valence-electron chi connectivity index (χ4n) is 3.26. The first-order valence-electron chi connectivity index (χ1n) is 9.37. The van der Waals surface area contributed by atoms with Gasteiger partial charge in [-0.3, -0.25) is 14.1 Å². The number of thiophene rings is 1. The Morgan fingerprint density at radius 2 is 1.90 bits per heavy atom. The molecule has 1 aromatic carbocycles. The highest BCUT2D eigenvalue weighted by atomic mass is 32.1. The van der Waals surface area contributed by atoms with Crippen LogP contribution in [0.4, 0.5) is 0 Å². The van der Waals surface area contributed by atoms with E-state index < -0.39 is 5.76 Å². The molecule has 2 amide bonds. The first-order valence-corrected chi connectivity index (χ1v) is 10.2. The third-order valence-corrected chi connectivity index (χ3v) is 5.68. The molecule has 1 aliphatic heterocycles. The summed E-state index contributed by atoms with van der Waals surface area (Å²) in [7, 11) is 0. The Kier molecular flexibility index (Phi) is 5.57. The molecule has 0 atom stereocenters. The van der Waals surface area contributed by atoms with Gasteiger partial charge in [0, 0.05) is 25.2 Å². The molecule has 0 spiro atoms. The van der Waals surface area contributed by atoms with Crippen LogP contribution in [0.5, 0.6) is 0 Å². The van der Waals surface area contributed by atoms with Crippen molar-refractivity contribution in [1.29, 1.82) is 0 Å². The number of likely N-dealkylation sites (tertiary alicyclic amines) is 1. The molecule has 0 saturated carbocycles. The number of hydrogen-bond acceptors (Lipinski definition) is 6. The van der Waals surface area contributed by atoms with Gasteiger partial charge in [-0.1, -0.05) is 23.4 Å². The van der Waals surface area contributed by atoms with Crippen LogP contribution in [0.1, 0.15) is 28.8 Å². The lowest BCUT2D eigenvalue weighted by Crippen LogP contribution is -2.31. The highest BCUT2D eigenvalue weighted by molar-refractivity contribution is 7.13. The van der Waals surface area contributed by atoms with Crippen molar-refractivity contribution >= 4 is 23.2 Å². The molecule has 4 rings (SSSR count). The molecular weight excluding hydrogens is 392 g/mol. The van der Waals surface area contributed by atoms with E-state index in [2.05, 4.69) is 10.5 Å². The highest BCUT2D eigenvalue weighted by Crippen LogP contribution is 2.21. The van der Waals surface area contributed by atoms with Crippen LogP contribution in [0.3, 0.4) is 0 Å². The summed E-state index contributed by atoms with van der Waals surface area (Å²) in [6.45, 7) is 1.74. The third kappa shape index (κ3) is 4.29. The van der Waals surface area contributed by atoms with Gasteiger partial charge in [0.25, 0.3) is 5.91 Å². The van der Waals surface area contributed by atoms with Gasteiger partial charge in [0.1, 0.15) is 6.54 Å². The minimum Gasteiger partial charge on any atom is -0.350 e. The van der Waals surface area contributed by atoms with Gasteiger partial charge in [0.15, 0.2) is 5.82 Å². The van der Waals surface area contributed by atoms with Crippen LogP contribution in [0.15, 0.2) is 51.1 Å². The van der Waals surface area contributed by atoms with Crippen molar-refractivity contribution in [3.63, 3.8) is 0 Å². The summed E-state index contributed by atoms with van der Waals surface area (Å²) in [6, 6.07) is 10.9. The van der Waals surface area contributed by atoms with Crippen molar-refractivity contribution in [2.75, 3.05) is 13.1 Å². The van der Waals surface area contributed by atoms with Crippen LogP contribution in [0, 0.1) is 0 Å². The van der Waals surface area contributed by atoms with E-state index in [0.29, 0.717) is 17.9 Å². The van der Waals surface area contributed by atoms with Crippen LogP contribution in [0.2, 0.25) is 0 Å². The molecule has 1 fully saturated rings. The summed E-state index contributed by atoms with van der Waals surface area (Å²) in [4.78, 5) is 39.2. The number of benzene rings is 1. The van der Waals surface area contributed by atoms with Crippen molar-refractivity contribution in [2.24, 2.45) is 0 Å². The molecule has 1 N–H and O–H groups in total. The summed E-state index contributed by atoms with van der Waals surface area (Å²) in [5.41, 5.74) is 1.52. The van der Waals surface area contributed by atoms with Crippen molar-refractivity contribution in [2.45, 2.75) is 25.9 Å². The molecule has 3 heterocycles. The first-order chi connectivity index (χ1) is 14.1. The van der Waals surface area contributed by atoms with Crippen LogP contribution < -0.4 is 11.1 Å². The average Bonchev–Trinajstić information content (AvgIpc) is 3.49. The van der Waals surface area contributed by atoms with E-state index in [0.717, 1.165) is 36.4 Å². The molecular formula is C20H20N4O4S. The third-order valence-electron chi connectivity index (χ3n) is 4.81. The van der Waals surface area contributed by atoms with E-state index in [1.165, 1.54) is 15.9 Å². The number of nitrogens with one attached hydrogen (secondary N) is 1. The van der Waals surface area contributed by atoms with Crippen LogP contribution in [0.25, 0.3) is 10.7 Å². The number of carbonyl (C=O) groups is 2. The Labute approximate surface area is 170 Å². The second-order valence-corrected chi connectivity index (χ2v) is 7.76. The van der Waals surface area contributed by atoms with Crippen molar-refractivity contribution in [1.82, 2.24) is 19.9 Å². The Morgan fingerprint density at radius 1 is 1.14 bits per heavy atom. The van der Waals surface area contributed by atoms with Crippen molar-refractivity contribution in [3.8, 4) is 10.7 Å². The van der Waals surface area contributed by atoms with Crippen LogP contribution in [-0.4, -0.2) is 39.5 Å². The number of carbonyl (C=O) groups excluding carboxylic acids is 2. The molecule has 150 valence electrons. The average molecular weight is 412 g/mol. The Morgan fingerprint density at radius 3 is 2.59 bits per heavy atom. The number of nitrogens with zero attached hydrogens (tertiary/aromatic N) is 3. The fourth-order valence-corrected chi connectivity index (χ4v) is 3.97. The Bertz CT molecular complexity index is 1050. The zero-order valence-electron chi connectivity index (χ0n) is 15.7. The zero-order valence-corrected chi connectivity index (χ0v) is 16.5. The lowest BCUT2D eigenvalue weighted by atomic mass is 10.1. The lowest BCUT2D eigenvalue weighted by molar-refractivity contribution is -0.121. The fraction of sp³-hybridized carbons (Fsp3) is 0.300. The molecule has 0 unspecified atom stereocenters. The second kappa shape index (κ2) is 8.44. The lowest BCUT2D eigenvalue weighted by Gasteiger charge is -2.15. The molecule has 2 aromatic heterocycles. The molecule has 0 aliphatic carbocycles. The summed E-state index contributed by atoms with van der Waals surface area (Å²) in [6.07, 6.45) is 2.11. The predicted octanol–water partition coefficient (Wildman–Crippen LogP) is 2.12. The minimum absolute atomic E-state index is 0.0472. The smallest absolute Gasteiger partial charge is 0.350 e. The molecule has 0 radical (unpaired) electrons. The summed E-state index contributed by atoms with van der Waals surface area (Å²) >= 11 is 1.41. The maximum absolute atomic E-state index is 12.4. The van der Waals surface area contributed by atoms with Gasteiger partial charge in [-0.25, -0.2) is 9.36 Å². The van der Waals surface area contributed by atoms with Crippen LogP contribution in [-0.2, 0) is 17.9 Å². The number of hydrogen-bond donors (Lipinski definition) is 1. The maximum Gasteiger partial charge on any atom is 0.442 e. The maximum atomic E-state index is 12.4. The summed E-state index contributed by atoms with van der Waals surface area (Å²) < 4.78 is 5.92. The quantitative estimate of drug-likeness (QED) is 0.669. The summed E-state index contributed by atoms with van der Waals surface area (Å²) in [5, 5.41) is 8.40. The van der Waals surface area contributed by atoms with E-state index in [9.17, 15) is 14.4 Å². The molecule has 1 saturated heterocycles. The molecule has 3 aromatic rings. The van der Waals surface area contributed by atoms with Gasteiger partial charge in [0.05, 0.1) is 4.88 Å². The van der Waals surface area contributed by atoms with Gasteiger partial charge in [-0.05, 0) is 42.0 Å². The summed E-state index contributed by atoms with van der Waals surface area (Å²) in [5.74, 6) is -0.616. The molecule has 9 heteroatoms. The topological polar surface area (TPSA) is 97.4 Å². The monoisotopic (exact) mass is 412 g/mol. The molecule has 0 bridgehead atoms. The largest absolute Gasteiger partial charge is 0.442 e.